The maximum atomic E-state index is 12.1. The van der Waals surface area contributed by atoms with E-state index in [2.05, 4.69) is 9.88 Å². The van der Waals surface area contributed by atoms with Crippen molar-refractivity contribution in [2.24, 2.45) is 0 Å². The number of nitrogens with zero attached hydrogens (tertiary/aromatic N) is 1. The average Bonchev–Trinajstić information content (AvgIpc) is 2.70. The number of rotatable bonds is 5. The highest BCUT2D eigenvalue weighted by molar-refractivity contribution is 7.89. The molecule has 0 saturated heterocycles. The van der Waals surface area contributed by atoms with Crippen molar-refractivity contribution in [1.29, 1.82) is 0 Å². The Morgan fingerprint density at radius 1 is 1.21 bits per heavy atom. The van der Waals surface area contributed by atoms with E-state index in [4.69, 9.17) is 4.52 Å². The summed E-state index contributed by atoms with van der Waals surface area (Å²) in [5.74, 6) is 0.310. The van der Waals surface area contributed by atoms with E-state index in [1.54, 1.807) is 13.8 Å². The van der Waals surface area contributed by atoms with E-state index in [0.717, 1.165) is 5.56 Å². The molecule has 5 nitrogen and oxygen atoms in total. The van der Waals surface area contributed by atoms with Gasteiger partial charge in [0, 0.05) is 6.54 Å². The average molecular weight is 280 g/mol. The smallest absolute Gasteiger partial charge is 0.245 e. The van der Waals surface area contributed by atoms with Crippen molar-refractivity contribution in [1.82, 2.24) is 9.88 Å². The van der Waals surface area contributed by atoms with Crippen LogP contribution in [0.5, 0.6) is 0 Å². The molecule has 0 amide bonds. The van der Waals surface area contributed by atoms with Crippen LogP contribution in [0.15, 0.2) is 39.8 Å². The molecule has 0 radical (unpaired) electrons. The van der Waals surface area contributed by atoms with Crippen molar-refractivity contribution >= 4 is 10.0 Å². The molecule has 0 aliphatic heterocycles. The van der Waals surface area contributed by atoms with Crippen LogP contribution >= 0.6 is 0 Å². The fourth-order valence-corrected chi connectivity index (χ4v) is 3.26. The summed E-state index contributed by atoms with van der Waals surface area (Å²) in [5.41, 5.74) is 1.47. The fourth-order valence-electron chi connectivity index (χ4n) is 1.90. The number of hydrogen-bond acceptors (Lipinski definition) is 4. The topological polar surface area (TPSA) is 72.2 Å². The summed E-state index contributed by atoms with van der Waals surface area (Å²) in [6.07, 6.45) is 0.642. The van der Waals surface area contributed by atoms with E-state index in [1.165, 1.54) is 0 Å². The summed E-state index contributed by atoms with van der Waals surface area (Å²) in [5, 5.41) is 3.65. The summed E-state index contributed by atoms with van der Waals surface area (Å²) in [6, 6.07) is 9.71. The summed E-state index contributed by atoms with van der Waals surface area (Å²) >= 11 is 0. The normalized spacial score (nSPS) is 11.7. The first-order valence-corrected chi connectivity index (χ1v) is 7.45. The van der Waals surface area contributed by atoms with Crippen LogP contribution < -0.4 is 4.72 Å². The van der Waals surface area contributed by atoms with Gasteiger partial charge >= 0.3 is 0 Å². The van der Waals surface area contributed by atoms with Gasteiger partial charge in [-0.2, -0.15) is 0 Å². The third-order valence-electron chi connectivity index (χ3n) is 2.79. The first kappa shape index (κ1) is 13.8. The maximum Gasteiger partial charge on any atom is 0.245 e. The molecule has 2 rings (SSSR count). The molecule has 6 heteroatoms. The van der Waals surface area contributed by atoms with E-state index in [1.807, 2.05) is 30.3 Å². The number of nitrogens with one attached hydrogen (secondary N) is 1. The number of hydrogen-bond donors (Lipinski definition) is 1. The zero-order chi connectivity index (χ0) is 13.9. The molecular formula is C13H16N2O3S. The molecular weight excluding hydrogens is 264 g/mol. The van der Waals surface area contributed by atoms with E-state index in [9.17, 15) is 8.42 Å². The molecule has 0 fully saturated rings. The van der Waals surface area contributed by atoms with E-state index >= 15 is 0 Å². The SMILES string of the molecule is Cc1noc(C)c1S(=O)(=O)NCCc1ccccc1. The van der Waals surface area contributed by atoms with E-state index in [-0.39, 0.29) is 4.90 Å². The molecule has 19 heavy (non-hydrogen) atoms. The Hall–Kier alpha value is -1.66. The molecule has 0 saturated carbocycles. The molecule has 1 N–H and O–H groups in total. The minimum atomic E-state index is -3.55. The number of sulfonamides is 1. The molecule has 0 atom stereocenters. The second-order valence-electron chi connectivity index (χ2n) is 4.29. The monoisotopic (exact) mass is 280 g/mol. The Morgan fingerprint density at radius 2 is 1.89 bits per heavy atom. The van der Waals surface area contributed by atoms with Crippen LogP contribution in [0, 0.1) is 13.8 Å². The minimum absolute atomic E-state index is 0.139. The van der Waals surface area contributed by atoms with Crippen LogP contribution in [0.3, 0.4) is 0 Å². The van der Waals surface area contributed by atoms with Gasteiger partial charge < -0.3 is 4.52 Å². The van der Waals surface area contributed by atoms with Crippen molar-refractivity contribution in [3.8, 4) is 0 Å². The number of aryl methyl sites for hydroxylation is 2. The molecule has 0 spiro atoms. The third kappa shape index (κ3) is 3.21. The van der Waals surface area contributed by atoms with Crippen molar-refractivity contribution in [2.45, 2.75) is 25.2 Å². The molecule has 2 aromatic rings. The highest BCUT2D eigenvalue weighted by Crippen LogP contribution is 2.18. The van der Waals surface area contributed by atoms with Crippen LogP contribution in [0.1, 0.15) is 17.0 Å². The first-order valence-electron chi connectivity index (χ1n) is 5.97. The van der Waals surface area contributed by atoms with Gasteiger partial charge in [-0.15, -0.1) is 0 Å². The van der Waals surface area contributed by atoms with Gasteiger partial charge in [-0.3, -0.25) is 0 Å². The highest BCUT2D eigenvalue weighted by atomic mass is 32.2. The predicted octanol–water partition coefficient (Wildman–Crippen LogP) is 1.81. The van der Waals surface area contributed by atoms with Gasteiger partial charge in [0.05, 0.1) is 0 Å². The van der Waals surface area contributed by atoms with Crippen LogP contribution in [-0.4, -0.2) is 20.1 Å². The van der Waals surface area contributed by atoms with Crippen LogP contribution in [0.25, 0.3) is 0 Å². The predicted molar refractivity (Wildman–Crippen MR) is 71.3 cm³/mol. The molecule has 0 unspecified atom stereocenters. The van der Waals surface area contributed by atoms with Gasteiger partial charge in [0.15, 0.2) is 5.76 Å². The molecule has 0 aliphatic rings. The van der Waals surface area contributed by atoms with E-state index < -0.39 is 10.0 Å². The van der Waals surface area contributed by atoms with Gasteiger partial charge in [-0.25, -0.2) is 13.1 Å². The molecule has 0 bridgehead atoms. The standard InChI is InChI=1S/C13H16N2O3S/c1-10-13(11(2)18-15-10)19(16,17)14-9-8-12-6-4-3-5-7-12/h3-7,14H,8-9H2,1-2H3. The zero-order valence-electron chi connectivity index (χ0n) is 10.9. The Morgan fingerprint density at radius 3 is 2.47 bits per heavy atom. The summed E-state index contributed by atoms with van der Waals surface area (Å²) < 4.78 is 31.7. The summed E-state index contributed by atoms with van der Waals surface area (Å²) in [6.45, 7) is 3.55. The van der Waals surface area contributed by atoms with Gasteiger partial charge in [-0.1, -0.05) is 35.5 Å². The first-order chi connectivity index (χ1) is 9.00. The number of aromatic nitrogens is 1. The Kier molecular flexibility index (Phi) is 4.01. The molecule has 1 aromatic heterocycles. The van der Waals surface area contributed by atoms with Crippen LogP contribution in [0.4, 0.5) is 0 Å². The lowest BCUT2D eigenvalue weighted by Gasteiger charge is -2.06. The zero-order valence-corrected chi connectivity index (χ0v) is 11.7. The van der Waals surface area contributed by atoms with Crippen LogP contribution in [0.2, 0.25) is 0 Å². The molecule has 0 aliphatic carbocycles. The second-order valence-corrected chi connectivity index (χ2v) is 5.99. The summed E-state index contributed by atoms with van der Waals surface area (Å²) in [4.78, 5) is 0.139. The molecule has 102 valence electrons. The Bertz CT molecular complexity index is 628. The van der Waals surface area contributed by atoms with Crippen molar-refractivity contribution < 1.29 is 12.9 Å². The lowest BCUT2D eigenvalue weighted by atomic mass is 10.2. The van der Waals surface area contributed by atoms with Crippen molar-refractivity contribution in [3.63, 3.8) is 0 Å². The van der Waals surface area contributed by atoms with Gasteiger partial charge in [0.1, 0.15) is 10.6 Å². The van der Waals surface area contributed by atoms with E-state index in [0.29, 0.717) is 24.4 Å². The van der Waals surface area contributed by atoms with Gasteiger partial charge in [0.2, 0.25) is 10.0 Å². The lowest BCUT2D eigenvalue weighted by molar-refractivity contribution is 0.390. The van der Waals surface area contributed by atoms with Crippen LogP contribution in [-0.2, 0) is 16.4 Å². The molecule has 1 aromatic carbocycles. The van der Waals surface area contributed by atoms with Gasteiger partial charge in [-0.05, 0) is 25.8 Å². The third-order valence-corrected chi connectivity index (χ3v) is 4.49. The fraction of sp³-hybridized carbons (Fsp3) is 0.308. The number of benzene rings is 1. The second kappa shape index (κ2) is 5.54. The largest absolute Gasteiger partial charge is 0.360 e. The minimum Gasteiger partial charge on any atom is -0.360 e. The Balaban J connectivity index is 2.03. The highest BCUT2D eigenvalue weighted by Gasteiger charge is 2.23. The summed E-state index contributed by atoms with van der Waals surface area (Å²) in [7, 11) is -3.55. The van der Waals surface area contributed by atoms with Crippen molar-refractivity contribution in [3.05, 3.63) is 47.3 Å². The quantitative estimate of drug-likeness (QED) is 0.906. The molecule has 1 heterocycles. The van der Waals surface area contributed by atoms with Gasteiger partial charge in [0.25, 0.3) is 0 Å². The van der Waals surface area contributed by atoms with Crippen molar-refractivity contribution in [2.75, 3.05) is 6.54 Å². The Labute approximate surface area is 112 Å². The maximum absolute atomic E-state index is 12.1. The lowest BCUT2D eigenvalue weighted by Crippen LogP contribution is -2.26.